The number of ether oxygens (including phenoxy) is 3. The van der Waals surface area contributed by atoms with E-state index in [1.807, 2.05) is 35.2 Å². The number of methoxy groups -OCH3 is 3. The molecule has 2 aliphatic rings. The molecule has 0 fully saturated rings. The molecule has 4 rings (SSSR count). The van der Waals surface area contributed by atoms with Gasteiger partial charge in [-0.3, -0.25) is 9.69 Å². The van der Waals surface area contributed by atoms with Crippen molar-refractivity contribution in [1.82, 2.24) is 0 Å². The summed E-state index contributed by atoms with van der Waals surface area (Å²) in [7, 11) is 4.40. The molecule has 0 radical (unpaired) electrons. The summed E-state index contributed by atoms with van der Waals surface area (Å²) in [4.78, 5) is 28.2. The first-order chi connectivity index (χ1) is 15.9. The van der Waals surface area contributed by atoms with Crippen molar-refractivity contribution in [3.63, 3.8) is 0 Å². The second-order valence-electron chi connectivity index (χ2n) is 7.79. The Balaban J connectivity index is 1.99. The number of carbonyl (C=O) groups is 2. The summed E-state index contributed by atoms with van der Waals surface area (Å²) in [5.74, 6) is 0.0309. The number of allylic oxidation sites excluding steroid dienone is 2. The number of rotatable bonds is 5. The molecule has 2 aromatic rings. The van der Waals surface area contributed by atoms with Gasteiger partial charge in [-0.15, -0.1) is 0 Å². The van der Waals surface area contributed by atoms with Gasteiger partial charge in [0, 0.05) is 27.9 Å². The van der Waals surface area contributed by atoms with Crippen molar-refractivity contribution in [3.8, 4) is 11.5 Å². The first-order valence-corrected chi connectivity index (χ1v) is 11.3. The highest BCUT2D eigenvalue weighted by atomic mass is 79.9. The Bertz CT molecular complexity index is 1170. The summed E-state index contributed by atoms with van der Waals surface area (Å²) in [6.45, 7) is 0. The van der Waals surface area contributed by atoms with Gasteiger partial charge in [-0.1, -0.05) is 22.0 Å². The van der Waals surface area contributed by atoms with E-state index in [9.17, 15) is 9.59 Å². The number of halogens is 1. The lowest BCUT2D eigenvalue weighted by Crippen LogP contribution is -2.40. The average molecular weight is 513 g/mol. The maximum Gasteiger partial charge on any atom is 0.338 e. The van der Waals surface area contributed by atoms with Crippen molar-refractivity contribution >= 4 is 33.4 Å². The molecule has 7 nitrogen and oxygen atoms in total. The Hall–Kier alpha value is -3.26. The van der Waals surface area contributed by atoms with Crippen molar-refractivity contribution in [2.75, 3.05) is 26.2 Å². The molecule has 0 amide bonds. The second-order valence-corrected chi connectivity index (χ2v) is 8.70. The van der Waals surface area contributed by atoms with Crippen molar-refractivity contribution in [2.45, 2.75) is 25.2 Å². The summed E-state index contributed by atoms with van der Waals surface area (Å²) in [6, 6.07) is 12.9. The third-order valence-electron chi connectivity index (χ3n) is 6.02. The highest BCUT2D eigenvalue weighted by molar-refractivity contribution is 9.10. The van der Waals surface area contributed by atoms with Crippen LogP contribution in [0.1, 0.15) is 30.7 Å². The number of carbonyl (C=O) groups excluding carboxylic acids is 2. The van der Waals surface area contributed by atoms with Crippen LogP contribution >= 0.6 is 15.9 Å². The summed E-state index contributed by atoms with van der Waals surface area (Å²) in [5.41, 5.74) is 9.73. The Morgan fingerprint density at radius 3 is 2.36 bits per heavy atom. The molecular formula is C25H25BrN2O5. The van der Waals surface area contributed by atoms with Gasteiger partial charge in [0.25, 0.3) is 0 Å². The number of anilines is 1. The lowest BCUT2D eigenvalue weighted by molar-refractivity contribution is -0.136. The first-order valence-electron chi connectivity index (χ1n) is 10.5. The highest BCUT2D eigenvalue weighted by Crippen LogP contribution is 2.48. The number of nitrogens with two attached hydrogens (primary N) is 1. The van der Waals surface area contributed by atoms with E-state index in [0.717, 1.165) is 15.9 Å². The largest absolute Gasteiger partial charge is 0.493 e. The Kier molecular flexibility index (Phi) is 6.47. The van der Waals surface area contributed by atoms with Crippen molar-refractivity contribution < 1.29 is 23.8 Å². The van der Waals surface area contributed by atoms with Crippen LogP contribution < -0.4 is 20.1 Å². The normalized spacial score (nSPS) is 18.2. The van der Waals surface area contributed by atoms with Gasteiger partial charge < -0.3 is 19.9 Å². The smallest absolute Gasteiger partial charge is 0.338 e. The zero-order valence-electron chi connectivity index (χ0n) is 18.7. The van der Waals surface area contributed by atoms with E-state index < -0.39 is 11.9 Å². The summed E-state index contributed by atoms with van der Waals surface area (Å²) in [5, 5.41) is 0. The monoisotopic (exact) mass is 512 g/mol. The van der Waals surface area contributed by atoms with Crippen LogP contribution in [-0.4, -0.2) is 33.1 Å². The minimum atomic E-state index is -0.674. The number of nitrogens with zero attached hydrogens (tertiary/aromatic N) is 1. The van der Waals surface area contributed by atoms with E-state index in [1.54, 1.807) is 26.4 Å². The number of esters is 1. The molecule has 1 heterocycles. The quantitative estimate of drug-likeness (QED) is 0.592. The van der Waals surface area contributed by atoms with Crippen LogP contribution in [-0.2, 0) is 14.3 Å². The number of benzene rings is 2. The lowest BCUT2D eigenvalue weighted by atomic mass is 9.75. The third-order valence-corrected chi connectivity index (χ3v) is 6.55. The van der Waals surface area contributed by atoms with Gasteiger partial charge in [0.15, 0.2) is 17.3 Å². The molecule has 0 unspecified atom stereocenters. The van der Waals surface area contributed by atoms with E-state index in [1.165, 1.54) is 7.11 Å². The summed E-state index contributed by atoms with van der Waals surface area (Å²) in [6.07, 6.45) is 1.78. The predicted octanol–water partition coefficient (Wildman–Crippen LogP) is 4.42. The minimum Gasteiger partial charge on any atom is -0.493 e. The maximum absolute atomic E-state index is 13.3. The van der Waals surface area contributed by atoms with E-state index in [0.29, 0.717) is 41.9 Å². The molecule has 2 N–H and O–H groups in total. The van der Waals surface area contributed by atoms with E-state index in [-0.39, 0.29) is 17.2 Å². The van der Waals surface area contributed by atoms with Gasteiger partial charge >= 0.3 is 5.97 Å². The molecule has 1 aliphatic heterocycles. The Morgan fingerprint density at radius 2 is 1.73 bits per heavy atom. The SMILES string of the molecule is COC(=O)C1=C(N)N(c2ccc(Br)cc2)C2=C(C(=O)CCC2)[C@@H]1c1ccc(OC)c(OC)c1. The molecule has 2 aromatic carbocycles. The van der Waals surface area contributed by atoms with Crippen molar-refractivity contribution in [3.05, 3.63) is 75.2 Å². The molecule has 172 valence electrons. The average Bonchev–Trinajstić information content (AvgIpc) is 2.83. The van der Waals surface area contributed by atoms with Crippen molar-refractivity contribution in [2.24, 2.45) is 5.73 Å². The fourth-order valence-corrected chi connectivity index (χ4v) is 4.81. The van der Waals surface area contributed by atoms with Gasteiger partial charge in [0.2, 0.25) is 0 Å². The lowest BCUT2D eigenvalue weighted by Gasteiger charge is -2.40. The van der Waals surface area contributed by atoms with Gasteiger partial charge in [-0.25, -0.2) is 4.79 Å². The van der Waals surface area contributed by atoms with Gasteiger partial charge in [0.05, 0.1) is 32.8 Å². The van der Waals surface area contributed by atoms with Crippen LogP contribution in [0.4, 0.5) is 5.69 Å². The molecular weight excluding hydrogens is 488 g/mol. The highest BCUT2D eigenvalue weighted by Gasteiger charge is 2.43. The molecule has 0 bridgehead atoms. The topological polar surface area (TPSA) is 91.1 Å². The number of hydrogen-bond donors (Lipinski definition) is 1. The predicted molar refractivity (Wildman–Crippen MR) is 128 cm³/mol. The number of ketones is 1. The van der Waals surface area contributed by atoms with Crippen LogP contribution in [0.25, 0.3) is 0 Å². The zero-order chi connectivity index (χ0) is 23.7. The fourth-order valence-electron chi connectivity index (χ4n) is 4.55. The maximum atomic E-state index is 13.3. The van der Waals surface area contributed by atoms with E-state index in [2.05, 4.69) is 15.9 Å². The molecule has 1 atom stereocenters. The first kappa shape index (κ1) is 22.9. The van der Waals surface area contributed by atoms with Gasteiger partial charge in [0.1, 0.15) is 5.82 Å². The third kappa shape index (κ3) is 3.99. The molecule has 1 aliphatic carbocycles. The Morgan fingerprint density at radius 1 is 1.03 bits per heavy atom. The molecule has 33 heavy (non-hydrogen) atoms. The summed E-state index contributed by atoms with van der Waals surface area (Å²) < 4.78 is 16.9. The molecule has 0 saturated carbocycles. The van der Waals surface area contributed by atoms with Crippen LogP contribution in [0.15, 0.2) is 69.6 Å². The molecule has 8 heteroatoms. The molecule has 0 spiro atoms. The second kappa shape index (κ2) is 9.31. The Labute approximate surface area is 200 Å². The minimum absolute atomic E-state index is 0.00736. The van der Waals surface area contributed by atoms with E-state index in [4.69, 9.17) is 19.9 Å². The number of hydrogen-bond acceptors (Lipinski definition) is 7. The molecule has 0 saturated heterocycles. The van der Waals surface area contributed by atoms with Gasteiger partial charge in [-0.2, -0.15) is 0 Å². The standard InChI is InChI=1S/C25H25BrN2O5/c1-31-19-12-7-14(13-20(19)32-2)21-22-17(5-4-6-18(22)29)28(16-10-8-15(26)9-11-16)24(27)23(21)25(30)33-3/h7-13,21H,4-6,27H2,1-3H3/t21-/m0/s1. The summed E-state index contributed by atoms with van der Waals surface area (Å²) >= 11 is 3.45. The zero-order valence-corrected chi connectivity index (χ0v) is 20.3. The van der Waals surface area contributed by atoms with Crippen LogP contribution in [0, 0.1) is 0 Å². The van der Waals surface area contributed by atoms with Crippen LogP contribution in [0.5, 0.6) is 11.5 Å². The fraction of sp³-hybridized carbons (Fsp3) is 0.280. The molecule has 0 aromatic heterocycles. The van der Waals surface area contributed by atoms with Crippen molar-refractivity contribution in [1.29, 1.82) is 0 Å². The van der Waals surface area contributed by atoms with Gasteiger partial charge in [-0.05, 0) is 54.8 Å². The van der Waals surface area contributed by atoms with Crippen LogP contribution in [0.2, 0.25) is 0 Å². The number of Topliss-reactive ketones (excluding diaryl/α,β-unsaturated/α-hetero) is 1. The van der Waals surface area contributed by atoms with E-state index >= 15 is 0 Å². The van der Waals surface area contributed by atoms with Crippen LogP contribution in [0.3, 0.4) is 0 Å².